The zero-order valence-electron chi connectivity index (χ0n) is 19.1. The Morgan fingerprint density at radius 2 is 1.67 bits per heavy atom. The van der Waals surface area contributed by atoms with Gasteiger partial charge in [-0.3, -0.25) is 9.36 Å². The number of nitrogens with zero attached hydrogens (tertiary/aromatic N) is 5. The maximum Gasteiger partial charge on any atom is 0.173 e. The van der Waals surface area contributed by atoms with E-state index in [1.54, 1.807) is 0 Å². The number of nitrogens with one attached hydrogen (secondary N) is 1. The van der Waals surface area contributed by atoms with Crippen molar-refractivity contribution in [1.82, 2.24) is 24.5 Å². The second-order valence-electron chi connectivity index (χ2n) is 7.88. The summed E-state index contributed by atoms with van der Waals surface area (Å²) in [6, 6.07) is 8.42. The summed E-state index contributed by atoms with van der Waals surface area (Å²) in [4.78, 5) is 2.06. The number of hydrogen-bond donors (Lipinski definition) is 1. The van der Waals surface area contributed by atoms with Gasteiger partial charge in [-0.25, -0.2) is 0 Å². The minimum Gasteiger partial charge on any atom is -0.348 e. The lowest BCUT2D eigenvalue weighted by Gasteiger charge is -2.21. The molecule has 0 saturated carbocycles. The van der Waals surface area contributed by atoms with Crippen molar-refractivity contribution in [2.24, 2.45) is 0 Å². The molecule has 2 aromatic heterocycles. The van der Waals surface area contributed by atoms with Crippen molar-refractivity contribution in [3.05, 3.63) is 63.7 Å². The number of rotatable bonds is 6. The zero-order valence-corrected chi connectivity index (χ0v) is 19.9. The van der Waals surface area contributed by atoms with Crippen molar-refractivity contribution in [3.63, 3.8) is 0 Å². The van der Waals surface area contributed by atoms with Gasteiger partial charge in [0, 0.05) is 31.4 Å². The van der Waals surface area contributed by atoms with Crippen LogP contribution in [0.4, 0.5) is 5.69 Å². The zero-order chi connectivity index (χ0) is 22.0. The predicted octanol–water partition coefficient (Wildman–Crippen LogP) is 4.52. The minimum absolute atomic E-state index is 0.680. The van der Waals surface area contributed by atoms with E-state index in [0.717, 1.165) is 42.4 Å². The van der Waals surface area contributed by atoms with Crippen LogP contribution in [0.25, 0.3) is 0 Å². The molecule has 160 valence electrons. The molecular weight excluding hydrogens is 392 g/mol. The molecule has 0 aliphatic carbocycles. The first-order chi connectivity index (χ1) is 14.2. The largest absolute Gasteiger partial charge is 0.348 e. The Hall–Kier alpha value is -2.67. The summed E-state index contributed by atoms with van der Waals surface area (Å²) in [7, 11) is 2.01. The fourth-order valence-electron chi connectivity index (χ4n) is 3.76. The molecule has 0 bridgehead atoms. The first-order valence-corrected chi connectivity index (χ1v) is 10.8. The Balaban J connectivity index is 1.74. The van der Waals surface area contributed by atoms with Gasteiger partial charge in [-0.2, -0.15) is 10.2 Å². The van der Waals surface area contributed by atoms with Gasteiger partial charge in [0.2, 0.25) is 0 Å². The lowest BCUT2D eigenvalue weighted by Crippen LogP contribution is -2.31. The fraction of sp³-hybridized carbons (Fsp3) is 0.435. The van der Waals surface area contributed by atoms with Crippen LogP contribution in [-0.2, 0) is 19.6 Å². The smallest absolute Gasteiger partial charge is 0.173 e. The van der Waals surface area contributed by atoms with E-state index >= 15 is 0 Å². The molecule has 2 heterocycles. The Labute approximate surface area is 184 Å². The van der Waals surface area contributed by atoms with Crippen LogP contribution in [-0.4, -0.2) is 36.6 Å². The molecule has 0 atom stereocenters. The predicted molar refractivity (Wildman–Crippen MR) is 127 cm³/mol. The van der Waals surface area contributed by atoms with Crippen molar-refractivity contribution in [3.8, 4) is 0 Å². The Kier molecular flexibility index (Phi) is 6.61. The van der Waals surface area contributed by atoms with E-state index in [9.17, 15) is 0 Å². The molecular formula is C23H32N6S. The Morgan fingerprint density at radius 3 is 2.30 bits per heavy atom. The minimum atomic E-state index is 0.680. The number of aryl methyl sites for hydroxylation is 4. The number of benzene rings is 1. The van der Waals surface area contributed by atoms with Crippen LogP contribution in [0.2, 0.25) is 0 Å². The molecule has 0 saturated heterocycles. The Morgan fingerprint density at radius 1 is 1.00 bits per heavy atom. The van der Waals surface area contributed by atoms with E-state index < -0.39 is 0 Å². The second kappa shape index (κ2) is 9.00. The van der Waals surface area contributed by atoms with E-state index in [-0.39, 0.29) is 0 Å². The Bertz CT molecular complexity index is 1060. The van der Waals surface area contributed by atoms with Gasteiger partial charge >= 0.3 is 0 Å². The molecule has 7 heteroatoms. The lowest BCUT2D eigenvalue weighted by atomic mass is 10.1. The molecule has 0 amide bonds. The summed E-state index contributed by atoms with van der Waals surface area (Å²) in [5.74, 6) is 0. The van der Waals surface area contributed by atoms with Gasteiger partial charge in [-0.05, 0) is 64.9 Å². The van der Waals surface area contributed by atoms with Gasteiger partial charge in [-0.15, -0.1) is 0 Å². The van der Waals surface area contributed by atoms with Crippen LogP contribution < -0.4 is 5.32 Å². The maximum atomic E-state index is 5.71. The summed E-state index contributed by atoms with van der Waals surface area (Å²) >= 11 is 5.71. The second-order valence-corrected chi connectivity index (χ2v) is 8.27. The topological polar surface area (TPSA) is 50.9 Å². The third-order valence-corrected chi connectivity index (χ3v) is 6.18. The number of hydrogen-bond acceptors (Lipinski definition) is 3. The van der Waals surface area contributed by atoms with Crippen molar-refractivity contribution in [2.75, 3.05) is 12.4 Å². The molecule has 0 aliphatic heterocycles. The molecule has 0 spiro atoms. The summed E-state index contributed by atoms with van der Waals surface area (Å²) in [6.07, 6.45) is 0. The third-order valence-electron chi connectivity index (χ3n) is 5.77. The molecule has 0 aliphatic rings. The van der Waals surface area contributed by atoms with Gasteiger partial charge in [0.05, 0.1) is 29.3 Å². The van der Waals surface area contributed by atoms with Crippen molar-refractivity contribution >= 4 is 23.0 Å². The summed E-state index contributed by atoms with van der Waals surface area (Å²) in [5.41, 5.74) is 9.04. The van der Waals surface area contributed by atoms with Gasteiger partial charge in [0.25, 0.3) is 0 Å². The standard InChI is InChI=1S/C23H32N6S/c1-8-28-18(5)21(16(3)25-28)14-27(7)23(30)24-22-17(4)26-29(19(22)6)13-20-12-10-9-11-15(20)2/h9-12H,8,13-14H2,1-7H3,(H,24,30). The molecule has 3 rings (SSSR count). The van der Waals surface area contributed by atoms with Crippen LogP contribution in [0.15, 0.2) is 24.3 Å². The van der Waals surface area contributed by atoms with Crippen molar-refractivity contribution in [1.29, 1.82) is 0 Å². The molecule has 0 fully saturated rings. The van der Waals surface area contributed by atoms with Crippen LogP contribution in [0.1, 0.15) is 46.4 Å². The highest BCUT2D eigenvalue weighted by molar-refractivity contribution is 7.80. The normalized spacial score (nSPS) is 11.0. The average Bonchev–Trinajstić information content (AvgIpc) is 3.13. The van der Waals surface area contributed by atoms with E-state index in [1.807, 2.05) is 23.3 Å². The molecule has 1 N–H and O–H groups in total. The number of thiocarbonyl (C=S) groups is 1. The molecule has 30 heavy (non-hydrogen) atoms. The highest BCUT2D eigenvalue weighted by Crippen LogP contribution is 2.22. The van der Waals surface area contributed by atoms with Crippen LogP contribution >= 0.6 is 12.2 Å². The monoisotopic (exact) mass is 424 g/mol. The van der Waals surface area contributed by atoms with Crippen LogP contribution in [0.3, 0.4) is 0 Å². The van der Waals surface area contributed by atoms with E-state index in [2.05, 4.69) is 74.2 Å². The van der Waals surface area contributed by atoms with Crippen LogP contribution in [0, 0.1) is 34.6 Å². The SMILES string of the molecule is CCn1nc(C)c(CN(C)C(=S)Nc2c(C)nn(Cc3ccccc3C)c2C)c1C. The van der Waals surface area contributed by atoms with Crippen molar-refractivity contribution < 1.29 is 0 Å². The van der Waals surface area contributed by atoms with Gasteiger partial charge in [0.15, 0.2) is 5.11 Å². The lowest BCUT2D eigenvalue weighted by molar-refractivity contribution is 0.504. The fourth-order valence-corrected chi connectivity index (χ4v) is 3.93. The average molecular weight is 425 g/mol. The summed E-state index contributed by atoms with van der Waals surface area (Å²) < 4.78 is 4.08. The first kappa shape index (κ1) is 22.0. The third kappa shape index (κ3) is 4.41. The van der Waals surface area contributed by atoms with Gasteiger partial charge in [0.1, 0.15) is 0 Å². The highest BCUT2D eigenvalue weighted by Gasteiger charge is 2.17. The number of anilines is 1. The van der Waals surface area contributed by atoms with E-state index in [1.165, 1.54) is 22.4 Å². The number of aromatic nitrogens is 4. The van der Waals surface area contributed by atoms with E-state index in [4.69, 9.17) is 17.3 Å². The van der Waals surface area contributed by atoms with E-state index in [0.29, 0.717) is 5.11 Å². The molecule has 6 nitrogen and oxygen atoms in total. The maximum absolute atomic E-state index is 5.71. The molecule has 3 aromatic rings. The molecule has 1 aromatic carbocycles. The first-order valence-electron chi connectivity index (χ1n) is 10.4. The van der Waals surface area contributed by atoms with Gasteiger partial charge < -0.3 is 10.2 Å². The molecule has 0 radical (unpaired) electrons. The van der Waals surface area contributed by atoms with Gasteiger partial charge in [-0.1, -0.05) is 24.3 Å². The van der Waals surface area contributed by atoms with Crippen LogP contribution in [0.5, 0.6) is 0 Å². The van der Waals surface area contributed by atoms with Crippen molar-refractivity contribution in [2.45, 2.75) is 61.2 Å². The summed E-state index contributed by atoms with van der Waals surface area (Å²) in [6.45, 7) is 14.9. The highest BCUT2D eigenvalue weighted by atomic mass is 32.1. The molecule has 0 unspecified atom stereocenters. The summed E-state index contributed by atoms with van der Waals surface area (Å²) in [5, 5.41) is 13.5. The quantitative estimate of drug-likeness (QED) is 0.590.